The highest BCUT2D eigenvalue weighted by Crippen LogP contribution is 2.17. The molecule has 12 heavy (non-hydrogen) atoms. The van der Waals surface area contributed by atoms with Crippen molar-refractivity contribution in [1.29, 1.82) is 0 Å². The molecule has 0 fully saturated rings. The third-order valence-corrected chi connectivity index (χ3v) is 1.55. The minimum Gasteiger partial charge on any atom is -0.503 e. The average Bonchev–Trinajstić information content (AvgIpc) is 2.64. The molecule has 1 aromatic heterocycles. The van der Waals surface area contributed by atoms with Gasteiger partial charge < -0.3 is 9.63 Å². The third kappa shape index (κ3) is 0.849. The first-order valence-electron chi connectivity index (χ1n) is 3.27. The molecular weight excluding hydrogens is 162 g/mol. The zero-order valence-corrected chi connectivity index (χ0v) is 5.97. The first kappa shape index (κ1) is 6.84. The van der Waals surface area contributed by atoms with E-state index in [1.807, 2.05) is 0 Å². The van der Waals surface area contributed by atoms with E-state index in [0.29, 0.717) is 6.54 Å². The standard InChI is InChI=1S/C6H5N3O3/c10-4-1-2-9(6(4)11)5-3-7-8-12-5/h1,3,10H,2H2. The summed E-state index contributed by atoms with van der Waals surface area (Å²) in [6.45, 7) is 0.293. The number of nitrogens with zero attached hydrogens (tertiary/aromatic N) is 3. The second-order valence-electron chi connectivity index (χ2n) is 2.26. The second-order valence-corrected chi connectivity index (χ2v) is 2.26. The van der Waals surface area contributed by atoms with E-state index in [9.17, 15) is 4.79 Å². The van der Waals surface area contributed by atoms with E-state index in [1.165, 1.54) is 17.2 Å². The van der Waals surface area contributed by atoms with Gasteiger partial charge in [0.25, 0.3) is 11.8 Å². The third-order valence-electron chi connectivity index (χ3n) is 1.55. The van der Waals surface area contributed by atoms with E-state index < -0.39 is 5.91 Å². The molecule has 2 heterocycles. The molecule has 0 saturated carbocycles. The summed E-state index contributed by atoms with van der Waals surface area (Å²) in [5.41, 5.74) is 0. The molecule has 0 saturated heterocycles. The molecule has 1 N–H and O–H groups in total. The van der Waals surface area contributed by atoms with Gasteiger partial charge in [-0.3, -0.25) is 9.69 Å². The molecule has 0 spiro atoms. The normalized spacial score (nSPS) is 16.8. The number of aliphatic hydroxyl groups excluding tert-OH is 1. The molecule has 1 aromatic rings. The average molecular weight is 167 g/mol. The predicted molar refractivity (Wildman–Crippen MR) is 37.4 cm³/mol. The van der Waals surface area contributed by atoms with Crippen molar-refractivity contribution < 1.29 is 14.4 Å². The smallest absolute Gasteiger partial charge is 0.295 e. The van der Waals surface area contributed by atoms with Gasteiger partial charge in [0.1, 0.15) is 6.20 Å². The van der Waals surface area contributed by atoms with Gasteiger partial charge in [0.05, 0.1) is 6.54 Å². The van der Waals surface area contributed by atoms with Crippen LogP contribution in [0.4, 0.5) is 5.88 Å². The molecule has 2 rings (SSSR count). The van der Waals surface area contributed by atoms with Crippen LogP contribution < -0.4 is 4.90 Å². The molecule has 1 aliphatic rings. The summed E-state index contributed by atoms with van der Waals surface area (Å²) in [5, 5.41) is 15.6. The summed E-state index contributed by atoms with van der Waals surface area (Å²) in [6.07, 6.45) is 2.70. The van der Waals surface area contributed by atoms with Crippen molar-refractivity contribution in [1.82, 2.24) is 10.4 Å². The SMILES string of the molecule is O=C1C(O)=CCN1c1cnno1. The fraction of sp³-hybridized carbons (Fsp3) is 0.167. The maximum absolute atomic E-state index is 11.1. The van der Waals surface area contributed by atoms with E-state index >= 15 is 0 Å². The predicted octanol–water partition coefficient (Wildman–Crippen LogP) is -0.142. The highest BCUT2D eigenvalue weighted by atomic mass is 16.5. The van der Waals surface area contributed by atoms with Crippen LogP contribution in [0, 0.1) is 0 Å². The lowest BCUT2D eigenvalue weighted by molar-refractivity contribution is -0.116. The van der Waals surface area contributed by atoms with E-state index in [4.69, 9.17) is 5.11 Å². The number of aliphatic hydroxyl groups is 1. The lowest BCUT2D eigenvalue weighted by atomic mass is 10.5. The fourth-order valence-corrected chi connectivity index (χ4v) is 0.957. The van der Waals surface area contributed by atoms with Gasteiger partial charge in [-0.2, -0.15) is 0 Å². The van der Waals surface area contributed by atoms with Crippen molar-refractivity contribution in [3.63, 3.8) is 0 Å². The maximum atomic E-state index is 11.1. The number of amides is 1. The summed E-state index contributed by atoms with van der Waals surface area (Å²) >= 11 is 0. The molecule has 0 unspecified atom stereocenters. The van der Waals surface area contributed by atoms with E-state index in [0.717, 1.165) is 0 Å². The molecular formula is C6H5N3O3. The van der Waals surface area contributed by atoms with E-state index in [1.54, 1.807) is 0 Å². The Morgan fingerprint density at radius 3 is 3.00 bits per heavy atom. The Bertz CT molecular complexity index is 330. The van der Waals surface area contributed by atoms with Gasteiger partial charge in [-0.15, -0.1) is 5.10 Å². The number of rotatable bonds is 1. The van der Waals surface area contributed by atoms with Crippen molar-refractivity contribution in [2.45, 2.75) is 0 Å². The van der Waals surface area contributed by atoms with E-state index in [-0.39, 0.29) is 11.6 Å². The highest BCUT2D eigenvalue weighted by Gasteiger charge is 2.27. The lowest BCUT2D eigenvalue weighted by Crippen LogP contribution is -2.25. The summed E-state index contributed by atoms with van der Waals surface area (Å²) in [6, 6.07) is 0. The molecule has 1 amide bonds. The number of hydrogen-bond acceptors (Lipinski definition) is 5. The Morgan fingerprint density at radius 2 is 2.50 bits per heavy atom. The van der Waals surface area contributed by atoms with Gasteiger partial charge in [-0.05, 0) is 6.08 Å². The molecule has 6 nitrogen and oxygen atoms in total. The van der Waals surface area contributed by atoms with Crippen LogP contribution in [-0.4, -0.2) is 27.9 Å². The number of carbonyl (C=O) groups excluding carboxylic acids is 1. The first-order chi connectivity index (χ1) is 5.79. The van der Waals surface area contributed by atoms with Crippen LogP contribution in [0.5, 0.6) is 0 Å². The van der Waals surface area contributed by atoms with Crippen LogP contribution in [0.2, 0.25) is 0 Å². The fourth-order valence-electron chi connectivity index (χ4n) is 0.957. The minimum absolute atomic E-state index is 0.236. The number of hydrogen-bond donors (Lipinski definition) is 1. The Labute approximate surface area is 67.1 Å². The van der Waals surface area contributed by atoms with Crippen LogP contribution in [-0.2, 0) is 4.79 Å². The van der Waals surface area contributed by atoms with Crippen LogP contribution >= 0.6 is 0 Å². The van der Waals surface area contributed by atoms with Crippen LogP contribution in [0.1, 0.15) is 0 Å². The quantitative estimate of drug-likeness (QED) is 0.629. The summed E-state index contributed by atoms with van der Waals surface area (Å²) < 4.78 is 4.64. The summed E-state index contributed by atoms with van der Waals surface area (Å²) in [4.78, 5) is 12.3. The van der Waals surface area contributed by atoms with Gasteiger partial charge in [0.15, 0.2) is 5.76 Å². The Morgan fingerprint density at radius 1 is 1.67 bits per heavy atom. The summed E-state index contributed by atoms with van der Waals surface area (Å²) in [5.74, 6) is -0.528. The van der Waals surface area contributed by atoms with Crippen molar-refractivity contribution in [2.24, 2.45) is 0 Å². The Kier molecular flexibility index (Phi) is 1.33. The Balaban J connectivity index is 2.25. The minimum atomic E-state index is -0.492. The van der Waals surface area contributed by atoms with Crippen LogP contribution in [0.15, 0.2) is 22.6 Å². The molecule has 1 aliphatic heterocycles. The van der Waals surface area contributed by atoms with Crippen molar-refractivity contribution >= 4 is 11.8 Å². The van der Waals surface area contributed by atoms with Crippen LogP contribution in [0.3, 0.4) is 0 Å². The lowest BCUT2D eigenvalue weighted by Gasteiger charge is -2.08. The maximum Gasteiger partial charge on any atom is 0.295 e. The van der Waals surface area contributed by atoms with Crippen molar-refractivity contribution in [2.75, 3.05) is 11.4 Å². The highest BCUT2D eigenvalue weighted by molar-refractivity contribution is 6.05. The van der Waals surface area contributed by atoms with E-state index in [2.05, 4.69) is 14.9 Å². The Hall–Kier alpha value is -1.85. The van der Waals surface area contributed by atoms with Crippen LogP contribution in [0.25, 0.3) is 0 Å². The molecule has 6 heteroatoms. The number of anilines is 1. The molecule has 0 bridgehead atoms. The molecule has 62 valence electrons. The van der Waals surface area contributed by atoms with Crippen molar-refractivity contribution in [3.8, 4) is 0 Å². The van der Waals surface area contributed by atoms with Gasteiger partial charge in [0, 0.05) is 5.27 Å². The number of carbonyl (C=O) groups is 1. The van der Waals surface area contributed by atoms with Gasteiger partial charge in [-0.1, -0.05) is 0 Å². The molecule has 0 atom stereocenters. The topological polar surface area (TPSA) is 79.5 Å². The largest absolute Gasteiger partial charge is 0.503 e. The monoisotopic (exact) mass is 167 g/mol. The number of aromatic nitrogens is 2. The molecule has 0 radical (unpaired) electrons. The molecule has 0 aromatic carbocycles. The van der Waals surface area contributed by atoms with Gasteiger partial charge in [0.2, 0.25) is 0 Å². The zero-order chi connectivity index (χ0) is 8.55. The summed E-state index contributed by atoms with van der Waals surface area (Å²) in [7, 11) is 0. The molecule has 0 aliphatic carbocycles. The van der Waals surface area contributed by atoms with Gasteiger partial charge >= 0.3 is 0 Å². The zero-order valence-electron chi connectivity index (χ0n) is 5.97. The van der Waals surface area contributed by atoms with Gasteiger partial charge in [-0.25, -0.2) is 0 Å². The van der Waals surface area contributed by atoms with Crippen molar-refractivity contribution in [3.05, 3.63) is 18.0 Å². The second kappa shape index (κ2) is 2.33. The first-order valence-corrected chi connectivity index (χ1v) is 3.27.